The molecule has 2 N–H and O–H groups in total. The molecule has 5 nitrogen and oxygen atoms in total. The van der Waals surface area contributed by atoms with Crippen LogP contribution in [0.4, 0.5) is 0 Å². The van der Waals surface area contributed by atoms with Crippen LogP contribution in [-0.4, -0.2) is 21.5 Å². The van der Waals surface area contributed by atoms with Crippen molar-refractivity contribution >= 4 is 11.7 Å². The number of aromatic nitrogens is 2. The van der Waals surface area contributed by atoms with Crippen LogP contribution in [0.1, 0.15) is 64.9 Å². The van der Waals surface area contributed by atoms with Crippen LogP contribution in [0.15, 0.2) is 18.2 Å². The molecule has 0 radical (unpaired) electrons. The van der Waals surface area contributed by atoms with E-state index in [2.05, 4.69) is 18.9 Å². The van der Waals surface area contributed by atoms with Gasteiger partial charge in [0.25, 0.3) is 0 Å². The summed E-state index contributed by atoms with van der Waals surface area (Å²) in [6, 6.07) is 5.53. The maximum Gasteiger partial charge on any atom is 0.248 e. The monoisotopic (exact) mass is 325 g/mol. The molecule has 0 saturated carbocycles. The Morgan fingerprint density at radius 3 is 2.67 bits per heavy atom. The maximum absolute atomic E-state index is 12.5. The molecular weight excluding hydrogens is 302 g/mol. The molecule has 0 atom stereocenters. The lowest BCUT2D eigenvalue weighted by molar-refractivity contribution is 0.0909. The second-order valence-electron chi connectivity index (χ2n) is 7.32. The molecule has 0 unspecified atom stereocenters. The van der Waals surface area contributed by atoms with Crippen LogP contribution in [0.3, 0.4) is 0 Å². The molecule has 0 aliphatic heterocycles. The normalized spacial score (nSPS) is 16.1. The van der Waals surface area contributed by atoms with Crippen molar-refractivity contribution in [1.82, 2.24) is 9.78 Å². The molecule has 1 heterocycles. The molecule has 126 valence electrons. The summed E-state index contributed by atoms with van der Waals surface area (Å²) >= 11 is 0. The number of benzene rings is 1. The largest absolute Gasteiger partial charge is 0.366 e. The third kappa shape index (κ3) is 2.64. The van der Waals surface area contributed by atoms with E-state index in [1.807, 2.05) is 30.7 Å². The third-order valence-corrected chi connectivity index (χ3v) is 4.70. The Kier molecular flexibility index (Phi) is 3.82. The van der Waals surface area contributed by atoms with E-state index in [0.29, 0.717) is 18.4 Å². The molecular formula is C19H23N3O2. The van der Waals surface area contributed by atoms with Gasteiger partial charge < -0.3 is 5.73 Å². The minimum absolute atomic E-state index is 0.0743. The number of carbonyl (C=O) groups excluding carboxylic acids is 2. The Hall–Kier alpha value is -2.43. The Balaban J connectivity index is 2.17. The maximum atomic E-state index is 12.5. The number of fused-ring (bicyclic) bond motifs is 1. The number of primary amides is 1. The highest BCUT2D eigenvalue weighted by Gasteiger charge is 2.35. The fraction of sp³-hybridized carbons (Fsp3) is 0.421. The van der Waals surface area contributed by atoms with Gasteiger partial charge in [-0.15, -0.1) is 0 Å². The van der Waals surface area contributed by atoms with Gasteiger partial charge in [-0.3, -0.25) is 9.59 Å². The zero-order chi connectivity index (χ0) is 17.6. The van der Waals surface area contributed by atoms with Crippen LogP contribution in [0.2, 0.25) is 0 Å². The van der Waals surface area contributed by atoms with Crippen LogP contribution in [-0.2, 0) is 12.8 Å². The first-order valence-electron chi connectivity index (χ1n) is 8.28. The Morgan fingerprint density at radius 1 is 1.33 bits per heavy atom. The summed E-state index contributed by atoms with van der Waals surface area (Å²) < 4.78 is 1.85. The van der Waals surface area contributed by atoms with E-state index in [4.69, 9.17) is 5.73 Å². The first-order valence-corrected chi connectivity index (χ1v) is 8.28. The molecule has 5 heteroatoms. The number of amides is 1. The van der Waals surface area contributed by atoms with E-state index in [1.165, 1.54) is 0 Å². The van der Waals surface area contributed by atoms with Crippen molar-refractivity contribution in [1.29, 1.82) is 0 Å². The minimum Gasteiger partial charge on any atom is -0.366 e. The lowest BCUT2D eigenvalue weighted by Crippen LogP contribution is -2.28. The number of hydrogen-bond donors (Lipinski definition) is 1. The van der Waals surface area contributed by atoms with Crippen LogP contribution in [0.5, 0.6) is 0 Å². The third-order valence-electron chi connectivity index (χ3n) is 4.70. The fourth-order valence-electron chi connectivity index (χ4n) is 3.60. The molecule has 0 saturated heterocycles. The number of Topliss-reactive ketones (excluding diaryl/α,β-unsaturated/α-hetero) is 1. The summed E-state index contributed by atoms with van der Waals surface area (Å²) in [6.45, 7) is 8.08. The predicted molar refractivity (Wildman–Crippen MR) is 92.6 cm³/mol. The number of aryl methyl sites for hydroxylation is 2. The summed E-state index contributed by atoms with van der Waals surface area (Å²) in [5.41, 5.74) is 10.1. The highest BCUT2D eigenvalue weighted by atomic mass is 16.1. The number of ketones is 1. The van der Waals surface area contributed by atoms with Crippen LogP contribution in [0.25, 0.3) is 5.69 Å². The van der Waals surface area contributed by atoms with E-state index < -0.39 is 5.91 Å². The van der Waals surface area contributed by atoms with Crippen molar-refractivity contribution in [2.75, 3.05) is 0 Å². The second-order valence-corrected chi connectivity index (χ2v) is 7.32. The zero-order valence-corrected chi connectivity index (χ0v) is 14.6. The summed E-state index contributed by atoms with van der Waals surface area (Å²) in [5.74, 6) is -0.261. The van der Waals surface area contributed by atoms with Crippen molar-refractivity contribution in [3.63, 3.8) is 0 Å². The van der Waals surface area contributed by atoms with E-state index in [1.54, 1.807) is 6.07 Å². The van der Waals surface area contributed by atoms with Gasteiger partial charge in [0.15, 0.2) is 5.78 Å². The van der Waals surface area contributed by atoms with Crippen LogP contribution in [0, 0.1) is 12.3 Å². The van der Waals surface area contributed by atoms with E-state index in [9.17, 15) is 9.59 Å². The SMILES string of the molecule is CCc1cc(-n2nc(C)c3c2CC(C)(C)CC3=O)ccc1C(N)=O. The average Bonchev–Trinajstić information content (AvgIpc) is 2.81. The van der Waals surface area contributed by atoms with E-state index in [0.717, 1.165) is 34.6 Å². The first kappa shape index (κ1) is 16.4. The molecule has 0 fully saturated rings. The lowest BCUT2D eigenvalue weighted by atomic mass is 9.75. The van der Waals surface area contributed by atoms with E-state index >= 15 is 0 Å². The fourth-order valence-corrected chi connectivity index (χ4v) is 3.60. The molecule has 1 amide bonds. The highest BCUT2D eigenvalue weighted by molar-refractivity contribution is 6.00. The van der Waals surface area contributed by atoms with Gasteiger partial charge in [-0.2, -0.15) is 5.10 Å². The number of carbonyl (C=O) groups is 2. The van der Waals surface area contributed by atoms with Crippen molar-refractivity contribution in [3.8, 4) is 5.69 Å². The summed E-state index contributed by atoms with van der Waals surface area (Å²) in [5, 5.41) is 4.61. The van der Waals surface area contributed by atoms with E-state index in [-0.39, 0.29) is 11.2 Å². The van der Waals surface area contributed by atoms with Gasteiger partial charge in [0.2, 0.25) is 5.91 Å². The molecule has 24 heavy (non-hydrogen) atoms. The Bertz CT molecular complexity index is 847. The number of rotatable bonds is 3. The molecule has 2 aromatic rings. The first-order chi connectivity index (χ1) is 11.2. The predicted octanol–water partition coefficient (Wildman–Crippen LogP) is 3.00. The van der Waals surface area contributed by atoms with Crippen molar-refractivity contribution in [2.45, 2.75) is 47.0 Å². The van der Waals surface area contributed by atoms with Gasteiger partial charge in [-0.1, -0.05) is 20.8 Å². The van der Waals surface area contributed by atoms with Gasteiger partial charge in [0.05, 0.1) is 22.6 Å². The van der Waals surface area contributed by atoms with Gasteiger partial charge in [0.1, 0.15) is 0 Å². The second kappa shape index (κ2) is 5.58. The van der Waals surface area contributed by atoms with Gasteiger partial charge in [-0.25, -0.2) is 4.68 Å². The molecule has 3 rings (SSSR count). The van der Waals surface area contributed by atoms with Crippen molar-refractivity contribution in [3.05, 3.63) is 46.3 Å². The van der Waals surface area contributed by atoms with Gasteiger partial charge in [-0.05, 0) is 48.9 Å². The molecule has 1 aromatic heterocycles. The molecule has 1 aromatic carbocycles. The zero-order valence-electron chi connectivity index (χ0n) is 14.6. The van der Waals surface area contributed by atoms with Crippen molar-refractivity contribution in [2.24, 2.45) is 11.1 Å². The highest BCUT2D eigenvalue weighted by Crippen LogP contribution is 2.37. The van der Waals surface area contributed by atoms with Crippen LogP contribution < -0.4 is 5.73 Å². The Morgan fingerprint density at radius 2 is 2.04 bits per heavy atom. The standard InChI is InChI=1S/C19H23N3O2/c1-5-12-8-13(6-7-14(12)18(20)24)22-15-9-19(3,4)10-16(23)17(15)11(2)21-22/h6-8H,5,9-10H2,1-4H3,(H2,20,24). The summed E-state index contributed by atoms with van der Waals surface area (Å²) in [7, 11) is 0. The smallest absolute Gasteiger partial charge is 0.248 e. The Labute approximate surface area is 141 Å². The molecule has 0 spiro atoms. The van der Waals surface area contributed by atoms with Crippen LogP contribution >= 0.6 is 0 Å². The number of nitrogens with two attached hydrogens (primary N) is 1. The molecule has 0 bridgehead atoms. The van der Waals surface area contributed by atoms with Gasteiger partial charge in [0, 0.05) is 12.0 Å². The lowest BCUT2D eigenvalue weighted by Gasteiger charge is -2.29. The minimum atomic E-state index is -0.423. The number of hydrogen-bond acceptors (Lipinski definition) is 3. The van der Waals surface area contributed by atoms with Gasteiger partial charge >= 0.3 is 0 Å². The molecule has 1 aliphatic carbocycles. The molecule has 1 aliphatic rings. The average molecular weight is 325 g/mol. The summed E-state index contributed by atoms with van der Waals surface area (Å²) in [4.78, 5) is 24.1. The summed E-state index contributed by atoms with van der Waals surface area (Å²) in [6.07, 6.45) is 2.06. The van der Waals surface area contributed by atoms with Crippen molar-refractivity contribution < 1.29 is 9.59 Å². The number of nitrogens with zero attached hydrogens (tertiary/aromatic N) is 2. The quantitative estimate of drug-likeness (QED) is 0.942. The topological polar surface area (TPSA) is 78.0 Å².